The average molecular weight is 247 g/mol. The molecule has 2 rings (SSSR count). The molecule has 0 spiro atoms. The molecule has 0 aliphatic rings. The minimum atomic E-state index is -0.403. The number of nitrogens with zero attached hydrogens (tertiary/aromatic N) is 4. The van der Waals surface area contributed by atoms with Gasteiger partial charge in [-0.05, 0) is 13.3 Å². The molecule has 0 unspecified atom stereocenters. The van der Waals surface area contributed by atoms with E-state index in [1.165, 1.54) is 6.33 Å². The van der Waals surface area contributed by atoms with Crippen LogP contribution in [0.4, 0.5) is 10.2 Å². The molecule has 2 aromatic heterocycles. The molecule has 0 atom stereocenters. The number of hydrogen-bond acceptors (Lipinski definition) is 5. The van der Waals surface area contributed by atoms with Gasteiger partial charge in [0.15, 0.2) is 11.6 Å². The molecular formula is C12H14FN5. The van der Waals surface area contributed by atoms with Crippen LogP contribution in [0.25, 0.3) is 0 Å². The molecule has 5 nitrogen and oxygen atoms in total. The van der Waals surface area contributed by atoms with Crippen molar-refractivity contribution in [2.24, 2.45) is 0 Å². The van der Waals surface area contributed by atoms with Crippen molar-refractivity contribution >= 4 is 5.82 Å². The van der Waals surface area contributed by atoms with Crippen LogP contribution in [0.15, 0.2) is 18.7 Å². The van der Waals surface area contributed by atoms with Gasteiger partial charge in [0.1, 0.15) is 6.33 Å². The van der Waals surface area contributed by atoms with E-state index in [0.717, 1.165) is 11.4 Å². The third-order valence-corrected chi connectivity index (χ3v) is 2.47. The summed E-state index contributed by atoms with van der Waals surface area (Å²) in [5.74, 6) is -0.204. The van der Waals surface area contributed by atoms with Crippen molar-refractivity contribution < 1.29 is 4.39 Å². The van der Waals surface area contributed by atoms with E-state index in [2.05, 4.69) is 25.3 Å². The maximum Gasteiger partial charge on any atom is 0.186 e. The number of rotatable bonds is 4. The second-order valence-electron chi connectivity index (χ2n) is 3.84. The predicted molar refractivity (Wildman–Crippen MR) is 65.5 cm³/mol. The fourth-order valence-corrected chi connectivity index (χ4v) is 1.46. The fourth-order valence-electron chi connectivity index (χ4n) is 1.46. The molecule has 0 bridgehead atoms. The van der Waals surface area contributed by atoms with Crippen molar-refractivity contribution in [2.75, 3.05) is 5.32 Å². The highest BCUT2D eigenvalue weighted by atomic mass is 19.1. The van der Waals surface area contributed by atoms with E-state index in [9.17, 15) is 4.39 Å². The SMILES string of the molecule is CCc1ncnc(NCc2cnc(C)cn2)c1F. The van der Waals surface area contributed by atoms with E-state index in [4.69, 9.17) is 0 Å². The Kier molecular flexibility index (Phi) is 3.76. The summed E-state index contributed by atoms with van der Waals surface area (Å²) in [4.78, 5) is 16.0. The summed E-state index contributed by atoms with van der Waals surface area (Å²) in [6.45, 7) is 4.09. The van der Waals surface area contributed by atoms with Crippen LogP contribution >= 0.6 is 0 Å². The van der Waals surface area contributed by atoms with Crippen molar-refractivity contribution in [1.82, 2.24) is 19.9 Å². The number of nitrogens with one attached hydrogen (secondary N) is 1. The lowest BCUT2D eigenvalue weighted by atomic mass is 10.3. The molecule has 0 fully saturated rings. The number of hydrogen-bond donors (Lipinski definition) is 1. The molecule has 2 heterocycles. The Morgan fingerprint density at radius 1 is 1.17 bits per heavy atom. The summed E-state index contributed by atoms with van der Waals surface area (Å²) >= 11 is 0. The van der Waals surface area contributed by atoms with Crippen molar-refractivity contribution in [3.8, 4) is 0 Å². The zero-order valence-electron chi connectivity index (χ0n) is 10.3. The van der Waals surface area contributed by atoms with Gasteiger partial charge in [0, 0.05) is 6.20 Å². The summed E-state index contributed by atoms with van der Waals surface area (Å²) < 4.78 is 13.8. The standard InChI is InChI=1S/C12H14FN5/c1-3-10-11(13)12(18-7-17-10)16-6-9-5-14-8(2)4-15-9/h4-5,7H,3,6H2,1-2H3,(H,16,17,18). The Labute approximate surface area is 105 Å². The summed E-state index contributed by atoms with van der Waals surface area (Å²) in [6, 6.07) is 0. The largest absolute Gasteiger partial charge is 0.362 e. The topological polar surface area (TPSA) is 63.6 Å². The summed E-state index contributed by atoms with van der Waals surface area (Å²) in [5.41, 5.74) is 1.99. The zero-order valence-corrected chi connectivity index (χ0v) is 10.3. The highest BCUT2D eigenvalue weighted by Crippen LogP contribution is 2.13. The maximum absolute atomic E-state index is 13.8. The van der Waals surface area contributed by atoms with Crippen LogP contribution in [-0.4, -0.2) is 19.9 Å². The van der Waals surface area contributed by atoms with Crippen LogP contribution in [0.3, 0.4) is 0 Å². The number of aromatic nitrogens is 4. The molecule has 0 saturated carbocycles. The summed E-state index contributed by atoms with van der Waals surface area (Å²) in [7, 11) is 0. The Morgan fingerprint density at radius 2 is 2.00 bits per heavy atom. The Bertz CT molecular complexity index is 526. The van der Waals surface area contributed by atoms with E-state index in [0.29, 0.717) is 18.7 Å². The zero-order chi connectivity index (χ0) is 13.0. The van der Waals surface area contributed by atoms with Crippen molar-refractivity contribution in [1.29, 1.82) is 0 Å². The summed E-state index contributed by atoms with van der Waals surface area (Å²) in [6.07, 6.45) is 5.21. The molecule has 1 N–H and O–H groups in total. The van der Waals surface area contributed by atoms with Crippen molar-refractivity contribution in [3.05, 3.63) is 41.6 Å². The summed E-state index contributed by atoms with van der Waals surface area (Å²) in [5, 5.41) is 2.89. The van der Waals surface area contributed by atoms with E-state index >= 15 is 0 Å². The smallest absolute Gasteiger partial charge is 0.186 e. The van der Waals surface area contributed by atoms with Gasteiger partial charge in [-0.15, -0.1) is 0 Å². The van der Waals surface area contributed by atoms with E-state index in [1.54, 1.807) is 12.4 Å². The number of halogens is 1. The first-order chi connectivity index (χ1) is 8.70. The highest BCUT2D eigenvalue weighted by Gasteiger charge is 2.09. The van der Waals surface area contributed by atoms with Gasteiger partial charge < -0.3 is 5.32 Å². The van der Waals surface area contributed by atoms with Crippen LogP contribution in [0.2, 0.25) is 0 Å². The molecule has 0 radical (unpaired) electrons. The van der Waals surface area contributed by atoms with Gasteiger partial charge in [-0.1, -0.05) is 6.92 Å². The molecule has 0 aliphatic carbocycles. The van der Waals surface area contributed by atoms with Gasteiger partial charge >= 0.3 is 0 Å². The van der Waals surface area contributed by atoms with E-state index < -0.39 is 5.82 Å². The van der Waals surface area contributed by atoms with Gasteiger partial charge in [0.2, 0.25) is 0 Å². The molecule has 0 saturated heterocycles. The third-order valence-electron chi connectivity index (χ3n) is 2.47. The van der Waals surface area contributed by atoms with Crippen LogP contribution < -0.4 is 5.32 Å². The van der Waals surface area contributed by atoms with Crippen molar-refractivity contribution in [2.45, 2.75) is 26.8 Å². The van der Waals surface area contributed by atoms with Crippen LogP contribution in [0, 0.1) is 12.7 Å². The van der Waals surface area contributed by atoms with E-state index in [1.807, 2.05) is 13.8 Å². The Hall–Kier alpha value is -2.11. The first-order valence-electron chi connectivity index (χ1n) is 5.71. The van der Waals surface area contributed by atoms with Gasteiger partial charge in [0.25, 0.3) is 0 Å². The first kappa shape index (κ1) is 12.3. The van der Waals surface area contributed by atoms with Gasteiger partial charge in [-0.2, -0.15) is 0 Å². The molecule has 94 valence electrons. The quantitative estimate of drug-likeness (QED) is 0.893. The molecule has 0 aromatic carbocycles. The monoisotopic (exact) mass is 247 g/mol. The number of aryl methyl sites for hydroxylation is 2. The van der Waals surface area contributed by atoms with Crippen LogP contribution in [-0.2, 0) is 13.0 Å². The molecule has 0 aliphatic heterocycles. The number of anilines is 1. The minimum absolute atomic E-state index is 0.198. The first-order valence-corrected chi connectivity index (χ1v) is 5.71. The van der Waals surface area contributed by atoms with Gasteiger partial charge in [-0.25, -0.2) is 14.4 Å². The third kappa shape index (κ3) is 2.77. The molecule has 0 amide bonds. The lowest BCUT2D eigenvalue weighted by Crippen LogP contribution is -2.08. The minimum Gasteiger partial charge on any atom is -0.362 e. The van der Waals surface area contributed by atoms with Gasteiger partial charge in [-0.3, -0.25) is 9.97 Å². The highest BCUT2D eigenvalue weighted by molar-refractivity contribution is 5.37. The molecule has 18 heavy (non-hydrogen) atoms. The molecule has 6 heteroatoms. The Balaban J connectivity index is 2.08. The maximum atomic E-state index is 13.8. The van der Waals surface area contributed by atoms with E-state index in [-0.39, 0.29) is 5.82 Å². The average Bonchev–Trinajstić information content (AvgIpc) is 2.39. The molecular weight excluding hydrogens is 233 g/mol. The molecule has 2 aromatic rings. The Morgan fingerprint density at radius 3 is 2.67 bits per heavy atom. The van der Waals surface area contributed by atoms with Crippen LogP contribution in [0.5, 0.6) is 0 Å². The van der Waals surface area contributed by atoms with Crippen LogP contribution in [0.1, 0.15) is 24.0 Å². The fraction of sp³-hybridized carbons (Fsp3) is 0.333. The lowest BCUT2D eigenvalue weighted by Gasteiger charge is -2.07. The predicted octanol–water partition coefficient (Wildman–Crippen LogP) is 1.89. The second-order valence-corrected chi connectivity index (χ2v) is 3.84. The van der Waals surface area contributed by atoms with Crippen molar-refractivity contribution in [3.63, 3.8) is 0 Å². The lowest BCUT2D eigenvalue weighted by molar-refractivity contribution is 0.596. The normalized spacial score (nSPS) is 10.4. The second kappa shape index (κ2) is 5.48. The van der Waals surface area contributed by atoms with Gasteiger partial charge in [0.05, 0.1) is 29.8 Å².